The van der Waals surface area contributed by atoms with Gasteiger partial charge in [0.25, 0.3) is 5.91 Å². The predicted molar refractivity (Wildman–Crippen MR) is 63.1 cm³/mol. The van der Waals surface area contributed by atoms with Crippen molar-refractivity contribution in [1.82, 2.24) is 4.90 Å². The van der Waals surface area contributed by atoms with Crippen molar-refractivity contribution in [3.8, 4) is 0 Å². The summed E-state index contributed by atoms with van der Waals surface area (Å²) in [6, 6.07) is 6.96. The molecule has 1 rings (SSSR count). The lowest BCUT2D eigenvalue weighted by atomic mass is 10.0. The average Bonchev–Trinajstić information content (AvgIpc) is 2.28. The molecule has 1 aromatic rings. The quantitative estimate of drug-likeness (QED) is 0.790. The molecule has 0 unspecified atom stereocenters. The van der Waals surface area contributed by atoms with E-state index in [-0.39, 0.29) is 5.91 Å². The van der Waals surface area contributed by atoms with Crippen LogP contribution in [0.3, 0.4) is 0 Å². The lowest BCUT2D eigenvalue weighted by molar-refractivity contribution is 0.0827. The van der Waals surface area contributed by atoms with Crippen LogP contribution in [-0.4, -0.2) is 36.6 Å². The summed E-state index contributed by atoms with van der Waals surface area (Å²) in [5.74, 6) is -0.0418. The Hall–Kier alpha value is -1.39. The van der Waals surface area contributed by atoms with Crippen LogP contribution in [0.5, 0.6) is 0 Å². The van der Waals surface area contributed by atoms with E-state index < -0.39 is 6.10 Å². The summed E-state index contributed by atoms with van der Waals surface area (Å²) in [6.45, 7) is 0.444. The predicted octanol–water partition coefficient (Wildman–Crippen LogP) is 0.771. The largest absolute Gasteiger partial charge is 0.388 e. The van der Waals surface area contributed by atoms with Gasteiger partial charge in [0, 0.05) is 19.7 Å². The molecule has 0 fully saturated rings. The lowest BCUT2D eigenvalue weighted by Gasteiger charge is -2.12. The van der Waals surface area contributed by atoms with E-state index in [9.17, 15) is 9.90 Å². The molecule has 0 aliphatic carbocycles. The molecular weight excluding hydrogens is 204 g/mol. The molecule has 0 aliphatic rings. The van der Waals surface area contributed by atoms with Crippen LogP contribution in [0.1, 0.15) is 28.4 Å². The van der Waals surface area contributed by atoms with Crippen LogP contribution in [0.15, 0.2) is 24.3 Å². The number of rotatable bonds is 4. The van der Waals surface area contributed by atoms with E-state index in [4.69, 9.17) is 5.73 Å². The van der Waals surface area contributed by atoms with Gasteiger partial charge in [0.1, 0.15) is 0 Å². The smallest absolute Gasteiger partial charge is 0.253 e. The normalized spacial score (nSPS) is 12.2. The Morgan fingerprint density at radius 2 is 1.94 bits per heavy atom. The van der Waals surface area contributed by atoms with Gasteiger partial charge in [0.15, 0.2) is 0 Å². The number of amides is 1. The first-order valence-corrected chi connectivity index (χ1v) is 5.26. The summed E-state index contributed by atoms with van der Waals surface area (Å²) in [5.41, 5.74) is 6.78. The first kappa shape index (κ1) is 12.7. The molecule has 0 radical (unpaired) electrons. The molecule has 88 valence electrons. The number of aliphatic hydroxyl groups excluding tert-OH is 1. The first-order chi connectivity index (χ1) is 7.56. The van der Waals surface area contributed by atoms with Crippen molar-refractivity contribution in [2.45, 2.75) is 12.5 Å². The lowest BCUT2D eigenvalue weighted by Crippen LogP contribution is -2.21. The first-order valence-electron chi connectivity index (χ1n) is 5.26. The summed E-state index contributed by atoms with van der Waals surface area (Å²) in [4.78, 5) is 13.1. The Kier molecular flexibility index (Phi) is 4.46. The second-order valence-corrected chi connectivity index (χ2v) is 3.91. The van der Waals surface area contributed by atoms with Crippen molar-refractivity contribution in [1.29, 1.82) is 0 Å². The molecule has 1 aromatic carbocycles. The molecule has 0 bridgehead atoms. The molecule has 0 saturated carbocycles. The van der Waals surface area contributed by atoms with Crippen LogP contribution >= 0.6 is 0 Å². The Morgan fingerprint density at radius 3 is 2.38 bits per heavy atom. The molecule has 0 spiro atoms. The second-order valence-electron chi connectivity index (χ2n) is 3.91. The van der Waals surface area contributed by atoms with Gasteiger partial charge in [-0.1, -0.05) is 12.1 Å². The zero-order valence-electron chi connectivity index (χ0n) is 9.68. The maximum absolute atomic E-state index is 11.6. The molecule has 16 heavy (non-hydrogen) atoms. The van der Waals surface area contributed by atoms with E-state index in [2.05, 4.69) is 0 Å². The Bertz CT molecular complexity index is 347. The fraction of sp³-hybridized carbons (Fsp3) is 0.417. The van der Waals surface area contributed by atoms with E-state index in [1.807, 2.05) is 0 Å². The highest BCUT2D eigenvalue weighted by Crippen LogP contribution is 2.16. The Labute approximate surface area is 95.7 Å². The van der Waals surface area contributed by atoms with E-state index in [0.29, 0.717) is 18.5 Å². The molecule has 4 heteroatoms. The Morgan fingerprint density at radius 1 is 1.38 bits per heavy atom. The highest BCUT2D eigenvalue weighted by molar-refractivity contribution is 5.93. The fourth-order valence-electron chi connectivity index (χ4n) is 1.43. The summed E-state index contributed by atoms with van der Waals surface area (Å²) in [5, 5.41) is 9.68. The fourth-order valence-corrected chi connectivity index (χ4v) is 1.43. The maximum Gasteiger partial charge on any atom is 0.253 e. The third kappa shape index (κ3) is 3.05. The molecule has 1 atom stereocenters. The summed E-state index contributed by atoms with van der Waals surface area (Å²) in [7, 11) is 3.42. The minimum atomic E-state index is -0.548. The van der Waals surface area contributed by atoms with Gasteiger partial charge in [-0.25, -0.2) is 0 Å². The number of hydrogen-bond acceptors (Lipinski definition) is 3. The summed E-state index contributed by atoms with van der Waals surface area (Å²) < 4.78 is 0. The third-order valence-corrected chi connectivity index (χ3v) is 2.39. The van der Waals surface area contributed by atoms with Crippen LogP contribution in [-0.2, 0) is 0 Å². The summed E-state index contributed by atoms with van der Waals surface area (Å²) in [6.07, 6.45) is -0.0189. The van der Waals surface area contributed by atoms with Crippen molar-refractivity contribution in [2.75, 3.05) is 20.6 Å². The molecule has 3 N–H and O–H groups in total. The second kappa shape index (κ2) is 5.63. The molecule has 0 heterocycles. The van der Waals surface area contributed by atoms with Crippen molar-refractivity contribution >= 4 is 5.91 Å². The topological polar surface area (TPSA) is 66.6 Å². The SMILES string of the molecule is CN(C)C(=O)c1ccc([C@@H](O)CCN)cc1. The highest BCUT2D eigenvalue weighted by atomic mass is 16.3. The van der Waals surface area contributed by atoms with Gasteiger partial charge in [0.2, 0.25) is 0 Å². The van der Waals surface area contributed by atoms with Gasteiger partial charge < -0.3 is 15.7 Å². The van der Waals surface area contributed by atoms with Gasteiger partial charge in [-0.15, -0.1) is 0 Å². The van der Waals surface area contributed by atoms with Crippen LogP contribution in [0.4, 0.5) is 0 Å². The number of nitrogens with zero attached hydrogens (tertiary/aromatic N) is 1. The number of nitrogens with two attached hydrogens (primary N) is 1. The van der Waals surface area contributed by atoms with E-state index >= 15 is 0 Å². The number of aliphatic hydroxyl groups is 1. The minimum absolute atomic E-state index is 0.0418. The maximum atomic E-state index is 11.6. The van der Waals surface area contributed by atoms with E-state index in [0.717, 1.165) is 5.56 Å². The van der Waals surface area contributed by atoms with Crippen molar-refractivity contribution in [3.63, 3.8) is 0 Å². The molecule has 0 saturated heterocycles. The van der Waals surface area contributed by atoms with Gasteiger partial charge >= 0.3 is 0 Å². The molecule has 1 amide bonds. The van der Waals surface area contributed by atoms with Crippen molar-refractivity contribution in [2.24, 2.45) is 5.73 Å². The summed E-state index contributed by atoms with van der Waals surface area (Å²) >= 11 is 0. The standard InChI is InChI=1S/C12H18N2O2/c1-14(2)12(16)10-5-3-9(4-6-10)11(15)7-8-13/h3-6,11,15H,7-8,13H2,1-2H3/t11-/m0/s1. The van der Waals surface area contributed by atoms with E-state index in [1.165, 1.54) is 4.90 Å². The highest BCUT2D eigenvalue weighted by Gasteiger charge is 2.10. The zero-order chi connectivity index (χ0) is 12.1. The molecule has 4 nitrogen and oxygen atoms in total. The molecular formula is C12H18N2O2. The van der Waals surface area contributed by atoms with Gasteiger partial charge in [-0.2, -0.15) is 0 Å². The van der Waals surface area contributed by atoms with Crippen molar-refractivity contribution < 1.29 is 9.90 Å². The third-order valence-electron chi connectivity index (χ3n) is 2.39. The number of carbonyl (C=O) groups excluding carboxylic acids is 1. The van der Waals surface area contributed by atoms with Crippen LogP contribution in [0.25, 0.3) is 0 Å². The van der Waals surface area contributed by atoms with Crippen molar-refractivity contribution in [3.05, 3.63) is 35.4 Å². The van der Waals surface area contributed by atoms with Gasteiger partial charge in [-0.3, -0.25) is 4.79 Å². The van der Waals surface area contributed by atoms with Crippen LogP contribution in [0.2, 0.25) is 0 Å². The Balaban J connectivity index is 2.79. The number of benzene rings is 1. The zero-order valence-corrected chi connectivity index (χ0v) is 9.68. The molecule has 0 aromatic heterocycles. The monoisotopic (exact) mass is 222 g/mol. The number of hydrogen-bond donors (Lipinski definition) is 2. The number of carbonyl (C=O) groups is 1. The molecule has 0 aliphatic heterocycles. The van der Waals surface area contributed by atoms with E-state index in [1.54, 1.807) is 38.4 Å². The van der Waals surface area contributed by atoms with Gasteiger partial charge in [-0.05, 0) is 30.7 Å². The minimum Gasteiger partial charge on any atom is -0.388 e. The van der Waals surface area contributed by atoms with Crippen LogP contribution in [0, 0.1) is 0 Å². The van der Waals surface area contributed by atoms with Crippen LogP contribution < -0.4 is 5.73 Å². The average molecular weight is 222 g/mol. The van der Waals surface area contributed by atoms with Gasteiger partial charge in [0.05, 0.1) is 6.10 Å².